The first kappa shape index (κ1) is 10.2. The monoisotopic (exact) mass is 199 g/mol. The van der Waals surface area contributed by atoms with Gasteiger partial charge < -0.3 is 21.2 Å². The first-order valence-electron chi connectivity index (χ1n) is 4.05. The van der Waals surface area contributed by atoms with E-state index in [9.17, 15) is 4.79 Å². The Labute approximate surface area is 81.1 Å². The second kappa shape index (κ2) is 3.86. The van der Waals surface area contributed by atoms with Crippen molar-refractivity contribution in [2.45, 2.75) is 0 Å². The van der Waals surface area contributed by atoms with Crippen molar-refractivity contribution in [2.75, 3.05) is 37.2 Å². The molecule has 0 unspecified atom stereocenters. The van der Waals surface area contributed by atoms with Gasteiger partial charge in [-0.3, -0.25) is 0 Å². The molecule has 0 spiro atoms. The summed E-state index contributed by atoms with van der Waals surface area (Å²) in [5, 5.41) is 18.4. The standard InChI is InChI=1S/C7H13N5O2/c1-8-5-4(7(13)14)6(9-2)12(10-3)11-5/h9-10H,1-3H3,(H,8,11)(H,13,14). The number of carboxylic acids is 1. The molecule has 0 saturated heterocycles. The summed E-state index contributed by atoms with van der Waals surface area (Å²) in [5.41, 5.74) is 2.85. The van der Waals surface area contributed by atoms with E-state index in [2.05, 4.69) is 21.2 Å². The van der Waals surface area contributed by atoms with Gasteiger partial charge in [-0.05, 0) is 0 Å². The minimum Gasteiger partial charge on any atom is -0.477 e. The predicted octanol–water partition coefficient (Wildman–Crippen LogP) is -0.162. The van der Waals surface area contributed by atoms with Crippen LogP contribution < -0.4 is 16.1 Å². The Morgan fingerprint density at radius 2 is 2.00 bits per heavy atom. The SMILES string of the molecule is CNc1nn(NC)c(NC)c1C(=O)O. The van der Waals surface area contributed by atoms with E-state index in [4.69, 9.17) is 5.11 Å². The quantitative estimate of drug-likeness (QED) is 0.538. The Morgan fingerprint density at radius 3 is 2.36 bits per heavy atom. The fraction of sp³-hybridized carbons (Fsp3) is 0.429. The van der Waals surface area contributed by atoms with Gasteiger partial charge in [-0.25, -0.2) is 4.79 Å². The number of anilines is 2. The summed E-state index contributed by atoms with van der Waals surface area (Å²) < 4.78 is 0. The van der Waals surface area contributed by atoms with Gasteiger partial charge in [-0.1, -0.05) is 0 Å². The van der Waals surface area contributed by atoms with Crippen LogP contribution in [-0.2, 0) is 0 Å². The third-order valence-electron chi connectivity index (χ3n) is 1.78. The predicted molar refractivity (Wildman–Crippen MR) is 53.6 cm³/mol. The van der Waals surface area contributed by atoms with Crippen LogP contribution in [0.15, 0.2) is 0 Å². The van der Waals surface area contributed by atoms with Crippen molar-refractivity contribution in [3.8, 4) is 0 Å². The highest BCUT2D eigenvalue weighted by Gasteiger charge is 2.21. The molecule has 1 aromatic rings. The molecule has 78 valence electrons. The Morgan fingerprint density at radius 1 is 1.36 bits per heavy atom. The first-order valence-corrected chi connectivity index (χ1v) is 4.05. The van der Waals surface area contributed by atoms with Crippen molar-refractivity contribution in [3.63, 3.8) is 0 Å². The first-order chi connectivity index (χ1) is 6.65. The van der Waals surface area contributed by atoms with Crippen LogP contribution in [0.4, 0.5) is 11.6 Å². The van der Waals surface area contributed by atoms with E-state index in [1.807, 2.05) is 0 Å². The van der Waals surface area contributed by atoms with Crippen molar-refractivity contribution < 1.29 is 9.90 Å². The van der Waals surface area contributed by atoms with Gasteiger partial charge in [0.2, 0.25) is 0 Å². The molecule has 0 bridgehead atoms. The van der Waals surface area contributed by atoms with Gasteiger partial charge in [0.1, 0.15) is 5.56 Å². The number of carboxylic acid groups (broad SMARTS) is 1. The molecule has 1 aromatic heterocycles. The minimum absolute atomic E-state index is 0.115. The molecule has 0 aliphatic carbocycles. The molecule has 7 heteroatoms. The third-order valence-corrected chi connectivity index (χ3v) is 1.78. The Bertz CT molecular complexity index is 346. The summed E-state index contributed by atoms with van der Waals surface area (Å²) in [6, 6.07) is 0. The lowest BCUT2D eigenvalue weighted by atomic mass is 10.3. The lowest BCUT2D eigenvalue weighted by molar-refractivity contribution is 0.0699. The van der Waals surface area contributed by atoms with Crippen LogP contribution in [0.3, 0.4) is 0 Å². The maximum absolute atomic E-state index is 10.9. The van der Waals surface area contributed by atoms with E-state index in [1.165, 1.54) is 4.79 Å². The zero-order valence-corrected chi connectivity index (χ0v) is 8.25. The fourth-order valence-electron chi connectivity index (χ4n) is 1.19. The molecule has 1 rings (SSSR count). The minimum atomic E-state index is -1.03. The maximum atomic E-state index is 10.9. The largest absolute Gasteiger partial charge is 0.477 e. The number of nitrogens with zero attached hydrogens (tertiary/aromatic N) is 2. The fourth-order valence-corrected chi connectivity index (χ4v) is 1.19. The van der Waals surface area contributed by atoms with Crippen LogP contribution in [0.1, 0.15) is 10.4 Å². The molecular formula is C7H13N5O2. The smallest absolute Gasteiger partial charge is 0.343 e. The molecule has 4 N–H and O–H groups in total. The van der Waals surface area contributed by atoms with E-state index < -0.39 is 5.97 Å². The summed E-state index contributed by atoms with van der Waals surface area (Å²) in [4.78, 5) is 12.3. The lowest BCUT2D eigenvalue weighted by Gasteiger charge is -2.04. The summed E-state index contributed by atoms with van der Waals surface area (Å²) in [6.45, 7) is 0. The highest BCUT2D eigenvalue weighted by Crippen LogP contribution is 2.22. The highest BCUT2D eigenvalue weighted by molar-refractivity contribution is 5.98. The molecule has 0 saturated carbocycles. The highest BCUT2D eigenvalue weighted by atomic mass is 16.4. The van der Waals surface area contributed by atoms with E-state index in [0.29, 0.717) is 11.6 Å². The van der Waals surface area contributed by atoms with Gasteiger partial charge >= 0.3 is 5.97 Å². The van der Waals surface area contributed by atoms with Crippen molar-refractivity contribution in [1.82, 2.24) is 9.89 Å². The van der Waals surface area contributed by atoms with Crippen molar-refractivity contribution >= 4 is 17.6 Å². The molecule has 0 atom stereocenters. The number of aromatic carboxylic acids is 1. The average molecular weight is 199 g/mol. The van der Waals surface area contributed by atoms with Gasteiger partial charge in [0.15, 0.2) is 11.6 Å². The number of aromatic nitrogens is 2. The molecule has 0 aliphatic rings. The Hall–Kier alpha value is -1.92. The molecule has 14 heavy (non-hydrogen) atoms. The Kier molecular flexibility index (Phi) is 2.80. The summed E-state index contributed by atoms with van der Waals surface area (Å²) in [5.74, 6) is -0.305. The van der Waals surface area contributed by atoms with Crippen LogP contribution >= 0.6 is 0 Å². The van der Waals surface area contributed by atoms with E-state index in [-0.39, 0.29) is 5.56 Å². The molecule has 0 radical (unpaired) electrons. The number of hydrogen-bond donors (Lipinski definition) is 4. The van der Waals surface area contributed by atoms with Gasteiger partial charge in [-0.15, -0.1) is 5.10 Å². The number of hydrogen-bond acceptors (Lipinski definition) is 5. The number of rotatable bonds is 4. The number of carbonyl (C=O) groups is 1. The molecule has 0 aromatic carbocycles. The van der Waals surface area contributed by atoms with Gasteiger partial charge in [0.05, 0.1) is 0 Å². The van der Waals surface area contributed by atoms with Crippen molar-refractivity contribution in [3.05, 3.63) is 5.56 Å². The molecule has 0 amide bonds. The normalized spacial score (nSPS) is 9.64. The molecule has 1 heterocycles. The zero-order valence-electron chi connectivity index (χ0n) is 8.25. The molecule has 7 nitrogen and oxygen atoms in total. The van der Waals surface area contributed by atoms with Crippen LogP contribution in [0, 0.1) is 0 Å². The van der Waals surface area contributed by atoms with Gasteiger partial charge in [-0.2, -0.15) is 4.79 Å². The van der Waals surface area contributed by atoms with Crippen LogP contribution in [0.25, 0.3) is 0 Å². The lowest BCUT2D eigenvalue weighted by Crippen LogP contribution is -2.14. The van der Waals surface area contributed by atoms with Crippen LogP contribution in [-0.4, -0.2) is 42.1 Å². The van der Waals surface area contributed by atoms with Crippen LogP contribution in [0.2, 0.25) is 0 Å². The molecule has 0 aliphatic heterocycles. The van der Waals surface area contributed by atoms with Gasteiger partial charge in [0, 0.05) is 21.1 Å². The summed E-state index contributed by atoms with van der Waals surface area (Å²) >= 11 is 0. The van der Waals surface area contributed by atoms with Crippen molar-refractivity contribution in [1.29, 1.82) is 0 Å². The topological polar surface area (TPSA) is 91.2 Å². The van der Waals surface area contributed by atoms with Crippen molar-refractivity contribution in [2.24, 2.45) is 0 Å². The second-order valence-corrected chi connectivity index (χ2v) is 2.51. The van der Waals surface area contributed by atoms with E-state index in [1.54, 1.807) is 21.1 Å². The van der Waals surface area contributed by atoms with E-state index >= 15 is 0 Å². The van der Waals surface area contributed by atoms with Gasteiger partial charge in [0.25, 0.3) is 0 Å². The zero-order chi connectivity index (χ0) is 10.7. The maximum Gasteiger partial charge on any atom is 0.343 e. The summed E-state index contributed by atoms with van der Waals surface area (Å²) in [7, 11) is 4.91. The van der Waals surface area contributed by atoms with Crippen LogP contribution in [0.5, 0.6) is 0 Å². The Balaban J connectivity index is 3.33. The van der Waals surface area contributed by atoms with E-state index in [0.717, 1.165) is 0 Å². The molecular weight excluding hydrogens is 186 g/mol. The summed E-state index contributed by atoms with van der Waals surface area (Å²) in [6.07, 6.45) is 0. The second-order valence-electron chi connectivity index (χ2n) is 2.51. The number of nitrogens with one attached hydrogen (secondary N) is 3. The third kappa shape index (κ3) is 1.43. The average Bonchev–Trinajstić information content (AvgIpc) is 2.54. The molecule has 0 fully saturated rings.